The lowest BCUT2D eigenvalue weighted by Gasteiger charge is -2.36. The molecule has 2 N–H and O–H groups in total. The van der Waals surface area contributed by atoms with Crippen LogP contribution in [0.1, 0.15) is 33.6 Å². The molecule has 1 saturated heterocycles. The van der Waals surface area contributed by atoms with Crippen LogP contribution in [-0.4, -0.2) is 19.3 Å². The Morgan fingerprint density at radius 3 is 2.33 bits per heavy atom. The van der Waals surface area contributed by atoms with Gasteiger partial charge in [-0.2, -0.15) is 0 Å². The Kier molecular flexibility index (Phi) is 3.13. The maximum absolute atomic E-state index is 5.64. The quantitative estimate of drug-likeness (QED) is 0.652. The molecule has 2 nitrogen and oxygen atoms in total. The summed E-state index contributed by atoms with van der Waals surface area (Å²) in [6.45, 7) is 8.42. The molecule has 1 fully saturated rings. The van der Waals surface area contributed by atoms with Crippen LogP contribution >= 0.6 is 0 Å². The predicted octanol–water partition coefficient (Wildman–Crippen LogP) is 1.79. The Hall–Kier alpha value is -0.0800. The van der Waals surface area contributed by atoms with Crippen molar-refractivity contribution in [2.24, 2.45) is 17.1 Å². The van der Waals surface area contributed by atoms with Crippen LogP contribution in [0.25, 0.3) is 0 Å². The number of hydrogen-bond acceptors (Lipinski definition) is 2. The normalized spacial score (nSPS) is 32.0. The fraction of sp³-hybridized carbons (Fsp3) is 1.00. The summed E-state index contributed by atoms with van der Waals surface area (Å²) in [6.07, 6.45) is 2.73. The zero-order valence-corrected chi connectivity index (χ0v) is 8.47. The lowest BCUT2D eigenvalue weighted by atomic mass is 9.77. The molecule has 0 aromatic carbocycles. The molecule has 0 spiro atoms. The topological polar surface area (TPSA) is 35.2 Å². The third kappa shape index (κ3) is 2.46. The second-order valence-corrected chi connectivity index (χ2v) is 4.83. The van der Waals surface area contributed by atoms with E-state index in [-0.39, 0.29) is 0 Å². The van der Waals surface area contributed by atoms with Gasteiger partial charge in [-0.25, -0.2) is 0 Å². The van der Waals surface area contributed by atoms with Crippen LogP contribution in [0.3, 0.4) is 0 Å². The van der Waals surface area contributed by atoms with E-state index in [1.54, 1.807) is 0 Å². The zero-order chi connectivity index (χ0) is 9.19. The average molecular weight is 171 g/mol. The van der Waals surface area contributed by atoms with Crippen molar-refractivity contribution in [3.05, 3.63) is 0 Å². The monoisotopic (exact) mass is 171 g/mol. The SMILES string of the molecule is CC(C)(C)C1CCC(CN)OC1. The molecule has 0 aromatic rings. The molecule has 1 rings (SSSR count). The van der Waals surface area contributed by atoms with E-state index < -0.39 is 0 Å². The van der Waals surface area contributed by atoms with Crippen LogP contribution in [-0.2, 0) is 4.74 Å². The summed E-state index contributed by atoms with van der Waals surface area (Å²) < 4.78 is 5.64. The Morgan fingerprint density at radius 1 is 1.33 bits per heavy atom. The first-order valence-corrected chi connectivity index (χ1v) is 4.85. The van der Waals surface area contributed by atoms with Gasteiger partial charge >= 0.3 is 0 Å². The molecule has 1 heterocycles. The van der Waals surface area contributed by atoms with Crippen molar-refractivity contribution in [1.82, 2.24) is 0 Å². The third-order valence-corrected chi connectivity index (χ3v) is 2.86. The van der Waals surface area contributed by atoms with E-state index in [4.69, 9.17) is 10.5 Å². The molecule has 0 amide bonds. The van der Waals surface area contributed by atoms with Crippen molar-refractivity contribution in [2.45, 2.75) is 39.7 Å². The molecule has 1 aliphatic heterocycles. The van der Waals surface area contributed by atoms with Crippen molar-refractivity contribution in [3.63, 3.8) is 0 Å². The second kappa shape index (κ2) is 3.75. The molecular weight excluding hydrogens is 150 g/mol. The first-order chi connectivity index (χ1) is 5.54. The molecule has 12 heavy (non-hydrogen) atoms. The molecule has 72 valence electrons. The summed E-state index contributed by atoms with van der Waals surface area (Å²) in [4.78, 5) is 0. The van der Waals surface area contributed by atoms with Crippen molar-refractivity contribution >= 4 is 0 Å². The number of ether oxygens (including phenoxy) is 1. The Bertz CT molecular complexity index is 131. The van der Waals surface area contributed by atoms with Gasteiger partial charge in [0.15, 0.2) is 0 Å². The highest BCUT2D eigenvalue weighted by molar-refractivity contribution is 4.79. The smallest absolute Gasteiger partial charge is 0.0697 e. The summed E-state index contributed by atoms with van der Waals surface area (Å²) in [6, 6.07) is 0. The van der Waals surface area contributed by atoms with E-state index in [9.17, 15) is 0 Å². The van der Waals surface area contributed by atoms with Crippen molar-refractivity contribution < 1.29 is 4.74 Å². The van der Waals surface area contributed by atoms with Gasteiger partial charge in [-0.05, 0) is 24.2 Å². The van der Waals surface area contributed by atoms with E-state index in [1.807, 2.05) is 0 Å². The molecular formula is C10H21NO. The van der Waals surface area contributed by atoms with Crippen LogP contribution in [0.15, 0.2) is 0 Å². The molecule has 1 aliphatic rings. The minimum atomic E-state index is 0.323. The zero-order valence-electron chi connectivity index (χ0n) is 8.47. The fourth-order valence-electron chi connectivity index (χ4n) is 1.67. The summed E-state index contributed by atoms with van der Waals surface area (Å²) >= 11 is 0. The van der Waals surface area contributed by atoms with Crippen molar-refractivity contribution in [1.29, 1.82) is 0 Å². The standard InChI is InChI=1S/C10H21NO/c1-10(2,3)8-4-5-9(6-11)12-7-8/h8-9H,4-7,11H2,1-3H3. The van der Waals surface area contributed by atoms with Crippen LogP contribution in [0.4, 0.5) is 0 Å². The van der Waals surface area contributed by atoms with Gasteiger partial charge in [0.1, 0.15) is 0 Å². The highest BCUT2D eigenvalue weighted by Gasteiger charge is 2.29. The third-order valence-electron chi connectivity index (χ3n) is 2.86. The maximum Gasteiger partial charge on any atom is 0.0697 e. The Labute approximate surface area is 75.5 Å². The lowest BCUT2D eigenvalue weighted by Crippen LogP contribution is -2.36. The van der Waals surface area contributed by atoms with E-state index in [1.165, 1.54) is 6.42 Å². The number of nitrogens with two attached hydrogens (primary N) is 1. The van der Waals surface area contributed by atoms with Crippen molar-refractivity contribution in [2.75, 3.05) is 13.2 Å². The molecule has 0 radical (unpaired) electrons. The van der Waals surface area contributed by atoms with Gasteiger partial charge < -0.3 is 10.5 Å². The van der Waals surface area contributed by atoms with Crippen LogP contribution < -0.4 is 5.73 Å². The maximum atomic E-state index is 5.64. The Morgan fingerprint density at radius 2 is 2.00 bits per heavy atom. The fourth-order valence-corrected chi connectivity index (χ4v) is 1.67. The molecule has 0 aromatic heterocycles. The first-order valence-electron chi connectivity index (χ1n) is 4.85. The van der Waals surface area contributed by atoms with E-state index >= 15 is 0 Å². The summed E-state index contributed by atoms with van der Waals surface area (Å²) in [5.41, 5.74) is 5.92. The Balaban J connectivity index is 2.36. The average Bonchev–Trinajstić information content (AvgIpc) is 2.03. The van der Waals surface area contributed by atoms with Gasteiger partial charge in [-0.1, -0.05) is 20.8 Å². The van der Waals surface area contributed by atoms with Gasteiger partial charge in [-0.3, -0.25) is 0 Å². The van der Waals surface area contributed by atoms with E-state index in [0.717, 1.165) is 13.0 Å². The molecule has 0 saturated carbocycles. The highest BCUT2D eigenvalue weighted by atomic mass is 16.5. The van der Waals surface area contributed by atoms with Crippen molar-refractivity contribution in [3.8, 4) is 0 Å². The lowest BCUT2D eigenvalue weighted by molar-refractivity contribution is -0.0411. The molecule has 0 aliphatic carbocycles. The van der Waals surface area contributed by atoms with Gasteiger partial charge in [0.25, 0.3) is 0 Å². The minimum absolute atomic E-state index is 0.323. The molecule has 2 atom stereocenters. The molecule has 2 unspecified atom stereocenters. The minimum Gasteiger partial charge on any atom is -0.377 e. The van der Waals surface area contributed by atoms with Gasteiger partial charge in [0, 0.05) is 6.54 Å². The summed E-state index contributed by atoms with van der Waals surface area (Å²) in [5.74, 6) is 0.709. The van der Waals surface area contributed by atoms with Crippen LogP contribution in [0.2, 0.25) is 0 Å². The largest absolute Gasteiger partial charge is 0.377 e. The summed E-state index contributed by atoms with van der Waals surface area (Å²) in [5, 5.41) is 0. The predicted molar refractivity (Wildman–Crippen MR) is 51.0 cm³/mol. The first kappa shape index (κ1) is 10.0. The van der Waals surface area contributed by atoms with E-state index in [0.29, 0.717) is 24.0 Å². The highest BCUT2D eigenvalue weighted by Crippen LogP contribution is 2.33. The van der Waals surface area contributed by atoms with Gasteiger partial charge in [0.2, 0.25) is 0 Å². The van der Waals surface area contributed by atoms with Gasteiger partial charge in [-0.15, -0.1) is 0 Å². The molecule has 0 bridgehead atoms. The molecule has 2 heteroatoms. The summed E-state index contributed by atoms with van der Waals surface area (Å²) in [7, 11) is 0. The van der Waals surface area contributed by atoms with Gasteiger partial charge in [0.05, 0.1) is 12.7 Å². The van der Waals surface area contributed by atoms with Crippen LogP contribution in [0.5, 0.6) is 0 Å². The number of rotatable bonds is 1. The second-order valence-electron chi connectivity index (χ2n) is 4.83. The van der Waals surface area contributed by atoms with E-state index in [2.05, 4.69) is 20.8 Å². The van der Waals surface area contributed by atoms with Crippen LogP contribution in [0, 0.1) is 11.3 Å². The number of hydrogen-bond donors (Lipinski definition) is 1.